The van der Waals surface area contributed by atoms with E-state index in [0.29, 0.717) is 21.5 Å². The molecule has 0 unspecified atom stereocenters. The Balaban J connectivity index is 1.64. The largest absolute Gasteiger partial charge is 0.444 e. The number of halogens is 2. The van der Waals surface area contributed by atoms with Gasteiger partial charge in [-0.2, -0.15) is 0 Å². The number of ether oxygens (including phenoxy) is 1. The van der Waals surface area contributed by atoms with E-state index in [1.807, 2.05) is 45.0 Å². The fourth-order valence-corrected chi connectivity index (χ4v) is 5.15. The van der Waals surface area contributed by atoms with E-state index >= 15 is 0 Å². The van der Waals surface area contributed by atoms with Gasteiger partial charge in [0.2, 0.25) is 0 Å². The second-order valence-corrected chi connectivity index (χ2v) is 11.6. The normalized spacial score (nSPS) is 15.9. The quantitative estimate of drug-likeness (QED) is 0.535. The molecule has 1 amide bonds. The highest BCUT2D eigenvalue weighted by atomic mass is 35.5. The summed E-state index contributed by atoms with van der Waals surface area (Å²) in [5, 5.41) is 3.82. The molecule has 0 bridgehead atoms. The van der Waals surface area contributed by atoms with Gasteiger partial charge in [0.15, 0.2) is 0 Å². The van der Waals surface area contributed by atoms with Crippen molar-refractivity contribution in [3.63, 3.8) is 0 Å². The fourth-order valence-electron chi connectivity index (χ4n) is 3.73. The Hall–Kier alpha value is -1.83. The topological polar surface area (TPSA) is 63.6 Å². The third kappa shape index (κ3) is 6.61. The van der Waals surface area contributed by atoms with Crippen LogP contribution in [0.3, 0.4) is 0 Å². The summed E-state index contributed by atoms with van der Waals surface area (Å²) in [4.78, 5) is 28.6. The van der Waals surface area contributed by atoms with E-state index in [1.165, 1.54) is 11.8 Å². The second-order valence-electron chi connectivity index (χ2n) is 9.73. The van der Waals surface area contributed by atoms with Gasteiger partial charge in [-0.15, -0.1) is 0 Å². The molecule has 1 aliphatic rings. The van der Waals surface area contributed by atoms with Crippen molar-refractivity contribution in [3.8, 4) is 0 Å². The van der Waals surface area contributed by atoms with Crippen molar-refractivity contribution in [2.45, 2.75) is 55.9 Å². The van der Waals surface area contributed by atoms with Gasteiger partial charge in [0.1, 0.15) is 11.4 Å². The summed E-state index contributed by atoms with van der Waals surface area (Å²) in [6.45, 7) is 9.89. The number of carbonyl (C=O) groups is 1. The van der Waals surface area contributed by atoms with Crippen LogP contribution in [-0.2, 0) is 11.8 Å². The third-order valence-electron chi connectivity index (χ3n) is 5.73. The van der Waals surface area contributed by atoms with E-state index in [0.717, 1.165) is 36.6 Å². The van der Waals surface area contributed by atoms with Gasteiger partial charge in [0.25, 0.3) is 5.56 Å². The van der Waals surface area contributed by atoms with Crippen LogP contribution in [0.4, 0.5) is 10.6 Å². The number of aromatic nitrogens is 1. The van der Waals surface area contributed by atoms with Crippen LogP contribution in [-0.4, -0.2) is 35.9 Å². The molecule has 33 heavy (non-hydrogen) atoms. The Labute approximate surface area is 209 Å². The van der Waals surface area contributed by atoms with Gasteiger partial charge in [-0.05, 0) is 63.3 Å². The number of rotatable bonds is 5. The number of alkyl carbamates (subject to hydrolysis) is 1. The number of benzene rings is 1. The Morgan fingerprint density at radius 1 is 1.15 bits per heavy atom. The third-order valence-corrected chi connectivity index (χ3v) is 7.75. The average molecular weight is 513 g/mol. The molecule has 2 heterocycles. The fraction of sp³-hybridized carbons (Fsp3) is 0.500. The van der Waals surface area contributed by atoms with Gasteiger partial charge >= 0.3 is 6.09 Å². The highest BCUT2D eigenvalue weighted by Gasteiger charge is 2.32. The molecular weight excluding hydrogens is 481 g/mol. The van der Waals surface area contributed by atoms with Crippen LogP contribution in [0.15, 0.2) is 44.9 Å². The van der Waals surface area contributed by atoms with Gasteiger partial charge in [-0.1, -0.05) is 48.0 Å². The summed E-state index contributed by atoms with van der Waals surface area (Å²) < 4.78 is 7.03. The van der Waals surface area contributed by atoms with Crippen molar-refractivity contribution in [2.75, 3.05) is 24.5 Å². The van der Waals surface area contributed by atoms with Crippen LogP contribution in [0, 0.1) is 5.41 Å². The van der Waals surface area contributed by atoms with E-state index in [4.69, 9.17) is 27.9 Å². The van der Waals surface area contributed by atoms with Gasteiger partial charge in [0.05, 0.1) is 14.9 Å². The van der Waals surface area contributed by atoms with Gasteiger partial charge in [-0.3, -0.25) is 9.36 Å². The Morgan fingerprint density at radius 2 is 1.82 bits per heavy atom. The molecule has 1 aromatic heterocycles. The summed E-state index contributed by atoms with van der Waals surface area (Å²) in [7, 11) is 1.79. The molecule has 0 aliphatic carbocycles. The van der Waals surface area contributed by atoms with E-state index in [-0.39, 0.29) is 17.1 Å². The van der Waals surface area contributed by atoms with Crippen LogP contribution >= 0.6 is 35.0 Å². The maximum Gasteiger partial charge on any atom is 0.407 e. The van der Waals surface area contributed by atoms with Gasteiger partial charge < -0.3 is 15.0 Å². The smallest absolute Gasteiger partial charge is 0.407 e. The SMILES string of the molecule is Cn1c(N2CCC(C)(CNC(=O)OC(C)(C)C)CC2)ccc(Sc2cccc(Cl)c2Cl)c1=O. The summed E-state index contributed by atoms with van der Waals surface area (Å²) in [5.74, 6) is 0.878. The first-order chi connectivity index (χ1) is 15.4. The van der Waals surface area contributed by atoms with Crippen molar-refractivity contribution < 1.29 is 9.53 Å². The van der Waals surface area contributed by atoms with Crippen LogP contribution in [0.1, 0.15) is 40.5 Å². The Kier molecular flexibility index (Phi) is 7.97. The number of nitrogens with zero attached hydrogens (tertiary/aromatic N) is 2. The maximum absolute atomic E-state index is 13.0. The second kappa shape index (κ2) is 10.2. The number of pyridine rings is 1. The van der Waals surface area contributed by atoms with Crippen molar-refractivity contribution in [2.24, 2.45) is 12.5 Å². The Bertz CT molecular complexity index is 1070. The number of nitrogens with one attached hydrogen (secondary N) is 1. The summed E-state index contributed by atoms with van der Waals surface area (Å²) in [6, 6.07) is 9.21. The first-order valence-electron chi connectivity index (χ1n) is 10.9. The minimum atomic E-state index is -0.512. The number of amides is 1. The zero-order valence-corrected chi connectivity index (χ0v) is 22.0. The lowest BCUT2D eigenvalue weighted by Crippen LogP contribution is -2.46. The summed E-state index contributed by atoms with van der Waals surface area (Å²) in [6.07, 6.45) is 1.40. The minimum absolute atomic E-state index is 0.0224. The van der Waals surface area contributed by atoms with Crippen molar-refractivity contribution >= 4 is 46.9 Å². The molecule has 180 valence electrons. The molecule has 1 fully saturated rings. The molecule has 0 saturated carbocycles. The highest BCUT2D eigenvalue weighted by Crippen LogP contribution is 2.37. The lowest BCUT2D eigenvalue weighted by Gasteiger charge is -2.41. The van der Waals surface area contributed by atoms with E-state index in [2.05, 4.69) is 17.1 Å². The molecule has 1 N–H and O–H groups in total. The first kappa shape index (κ1) is 25.8. The number of carbonyl (C=O) groups excluding carboxylic acids is 1. The molecule has 1 aromatic carbocycles. The summed E-state index contributed by atoms with van der Waals surface area (Å²) in [5.41, 5.74) is -0.610. The van der Waals surface area contributed by atoms with E-state index < -0.39 is 5.60 Å². The molecule has 1 aliphatic heterocycles. The monoisotopic (exact) mass is 511 g/mol. The molecule has 0 spiro atoms. The molecule has 6 nitrogen and oxygen atoms in total. The summed E-state index contributed by atoms with van der Waals surface area (Å²) >= 11 is 13.7. The first-order valence-corrected chi connectivity index (χ1v) is 12.5. The maximum atomic E-state index is 13.0. The van der Waals surface area contributed by atoms with Crippen LogP contribution in [0.2, 0.25) is 10.0 Å². The molecule has 3 rings (SSSR count). The van der Waals surface area contributed by atoms with Crippen molar-refractivity contribution in [1.29, 1.82) is 0 Å². The number of anilines is 1. The standard InChI is InChI=1S/C24H31Cl2N3O3S/c1-23(2,3)32-22(31)27-15-24(4)11-13-29(14-12-24)19-10-9-18(21(30)28(19)5)33-17-8-6-7-16(25)20(17)26/h6-10H,11-15H2,1-5H3,(H,27,31). The molecular formula is C24H31Cl2N3O3S. The predicted molar refractivity (Wildman–Crippen MR) is 136 cm³/mol. The molecule has 0 radical (unpaired) electrons. The van der Waals surface area contributed by atoms with Crippen LogP contribution < -0.4 is 15.8 Å². The highest BCUT2D eigenvalue weighted by molar-refractivity contribution is 7.99. The molecule has 9 heteroatoms. The van der Waals surface area contributed by atoms with Crippen molar-refractivity contribution in [1.82, 2.24) is 9.88 Å². The number of hydrogen-bond acceptors (Lipinski definition) is 5. The molecule has 1 saturated heterocycles. The van der Waals surface area contributed by atoms with Gasteiger partial charge in [0, 0.05) is 31.6 Å². The van der Waals surface area contributed by atoms with E-state index in [9.17, 15) is 9.59 Å². The number of piperidine rings is 1. The minimum Gasteiger partial charge on any atom is -0.444 e. The predicted octanol–water partition coefficient (Wildman–Crippen LogP) is 5.97. The molecule has 2 aromatic rings. The lowest BCUT2D eigenvalue weighted by molar-refractivity contribution is 0.0495. The van der Waals surface area contributed by atoms with Gasteiger partial charge in [-0.25, -0.2) is 4.79 Å². The van der Waals surface area contributed by atoms with Crippen LogP contribution in [0.25, 0.3) is 0 Å². The van der Waals surface area contributed by atoms with Crippen LogP contribution in [0.5, 0.6) is 0 Å². The molecule has 0 atom stereocenters. The zero-order chi connectivity index (χ0) is 24.4. The zero-order valence-electron chi connectivity index (χ0n) is 19.7. The van der Waals surface area contributed by atoms with Crippen molar-refractivity contribution in [3.05, 3.63) is 50.7 Å². The number of hydrogen-bond donors (Lipinski definition) is 1. The Morgan fingerprint density at radius 3 is 2.45 bits per heavy atom. The average Bonchev–Trinajstić information content (AvgIpc) is 2.73. The lowest BCUT2D eigenvalue weighted by atomic mass is 9.80. The van der Waals surface area contributed by atoms with E-state index in [1.54, 1.807) is 17.7 Å².